The number of carboxylic acid groups (broad SMARTS) is 1. The van der Waals surface area contributed by atoms with Crippen LogP contribution in [0.1, 0.15) is 52.4 Å². The summed E-state index contributed by atoms with van der Waals surface area (Å²) >= 11 is 7.85. The molecule has 0 bridgehead atoms. The number of thiol groups is 2. The highest BCUT2D eigenvalue weighted by Crippen LogP contribution is 2.09. The molecule has 0 fully saturated rings. The highest BCUT2D eigenvalue weighted by molar-refractivity contribution is 7.80. The molecule has 1 unspecified atom stereocenters. The van der Waals surface area contributed by atoms with E-state index in [4.69, 9.17) is 9.84 Å². The molecule has 0 heterocycles. The number of carbonyl (C=O) groups is 2. The maximum absolute atomic E-state index is 10.6. The van der Waals surface area contributed by atoms with Gasteiger partial charge in [-0.1, -0.05) is 33.1 Å². The van der Waals surface area contributed by atoms with Gasteiger partial charge in [-0.25, -0.2) is 0 Å². The zero-order chi connectivity index (χ0) is 15.8. The molecule has 1 N–H and O–H groups in total. The van der Waals surface area contributed by atoms with Crippen LogP contribution < -0.4 is 0 Å². The van der Waals surface area contributed by atoms with Gasteiger partial charge < -0.3 is 9.84 Å². The predicted octanol–water partition coefficient (Wildman–Crippen LogP) is 3.46. The van der Waals surface area contributed by atoms with E-state index in [2.05, 4.69) is 39.1 Å². The topological polar surface area (TPSA) is 63.6 Å². The van der Waals surface area contributed by atoms with Gasteiger partial charge in [-0.05, 0) is 12.8 Å². The highest BCUT2D eigenvalue weighted by atomic mass is 32.1. The van der Waals surface area contributed by atoms with Crippen molar-refractivity contribution < 1.29 is 19.4 Å². The lowest BCUT2D eigenvalue weighted by atomic mass is 10.1. The van der Waals surface area contributed by atoms with E-state index in [1.54, 1.807) is 0 Å². The summed E-state index contributed by atoms with van der Waals surface area (Å²) in [6.45, 7) is 4.67. The maximum Gasteiger partial charge on any atom is 0.307 e. The molecular weight excluding hydrogens is 296 g/mol. The van der Waals surface area contributed by atoms with Crippen LogP contribution in [-0.2, 0) is 14.3 Å². The van der Waals surface area contributed by atoms with E-state index in [0.29, 0.717) is 24.5 Å². The van der Waals surface area contributed by atoms with Crippen molar-refractivity contribution in [3.8, 4) is 0 Å². The standard InChI is InChI=1S/2C7H14O2S/c1-2-3-5-9-7(8)4-6-10;1-2-3-4-6(5-10)7(8)9/h10H,2-6H2,1H3;6,10H,2-5H2,1H3,(H,8,9). The number of hydrogen-bond donors (Lipinski definition) is 3. The van der Waals surface area contributed by atoms with E-state index in [1.165, 1.54) is 0 Å². The molecule has 0 aromatic rings. The number of unbranched alkanes of at least 4 members (excludes halogenated alkanes) is 2. The number of rotatable bonds is 10. The molecule has 20 heavy (non-hydrogen) atoms. The third kappa shape index (κ3) is 15.7. The third-order valence-corrected chi connectivity index (χ3v) is 3.22. The Hall–Kier alpha value is -0.360. The first-order valence-electron chi connectivity index (χ1n) is 7.13. The largest absolute Gasteiger partial charge is 0.481 e. The number of hydrogen-bond acceptors (Lipinski definition) is 5. The normalized spacial score (nSPS) is 11.2. The van der Waals surface area contributed by atoms with E-state index in [0.717, 1.165) is 32.1 Å². The minimum absolute atomic E-state index is 0.136. The fourth-order valence-corrected chi connectivity index (χ4v) is 1.76. The number of ether oxygens (including phenoxy) is 1. The molecule has 0 aliphatic rings. The Bertz CT molecular complexity index is 245. The van der Waals surface area contributed by atoms with Crippen LogP contribution in [0.2, 0.25) is 0 Å². The van der Waals surface area contributed by atoms with Gasteiger partial charge >= 0.3 is 11.9 Å². The lowest BCUT2D eigenvalue weighted by molar-refractivity contribution is -0.143. The monoisotopic (exact) mass is 324 g/mol. The number of carboxylic acids is 1. The summed E-state index contributed by atoms with van der Waals surface area (Å²) in [7, 11) is 0. The van der Waals surface area contributed by atoms with Crippen LogP contribution >= 0.6 is 25.3 Å². The third-order valence-electron chi connectivity index (χ3n) is 2.55. The molecule has 0 spiro atoms. The molecule has 0 radical (unpaired) electrons. The number of carbonyl (C=O) groups excluding carboxylic acids is 1. The first kappa shape index (κ1) is 21.9. The van der Waals surface area contributed by atoms with Crippen LogP contribution in [-0.4, -0.2) is 35.2 Å². The van der Waals surface area contributed by atoms with E-state index in [9.17, 15) is 9.59 Å². The second kappa shape index (κ2) is 16.7. The lowest BCUT2D eigenvalue weighted by Crippen LogP contribution is -2.14. The molecule has 0 saturated heterocycles. The Kier molecular flexibility index (Phi) is 18.3. The lowest BCUT2D eigenvalue weighted by Gasteiger charge is -2.06. The van der Waals surface area contributed by atoms with E-state index in [1.807, 2.05) is 0 Å². The Labute approximate surface area is 133 Å². The van der Waals surface area contributed by atoms with Crippen LogP contribution in [0.15, 0.2) is 0 Å². The van der Waals surface area contributed by atoms with Crippen LogP contribution in [0.3, 0.4) is 0 Å². The maximum atomic E-state index is 10.6. The quantitative estimate of drug-likeness (QED) is 0.327. The van der Waals surface area contributed by atoms with Crippen LogP contribution in [0, 0.1) is 5.92 Å². The minimum Gasteiger partial charge on any atom is -0.481 e. The van der Waals surface area contributed by atoms with Crippen molar-refractivity contribution in [1.82, 2.24) is 0 Å². The summed E-state index contributed by atoms with van der Waals surface area (Å²) in [5.74, 6) is -0.0736. The molecule has 0 amide bonds. The first-order valence-corrected chi connectivity index (χ1v) is 8.39. The molecule has 0 aliphatic heterocycles. The van der Waals surface area contributed by atoms with Crippen molar-refractivity contribution in [2.75, 3.05) is 18.1 Å². The van der Waals surface area contributed by atoms with Gasteiger partial charge in [0.15, 0.2) is 0 Å². The van der Waals surface area contributed by atoms with Crippen LogP contribution in [0.5, 0.6) is 0 Å². The fourth-order valence-electron chi connectivity index (χ4n) is 1.24. The molecule has 0 aromatic heterocycles. The van der Waals surface area contributed by atoms with Crippen molar-refractivity contribution in [2.45, 2.75) is 52.4 Å². The van der Waals surface area contributed by atoms with Gasteiger partial charge in [-0.3, -0.25) is 9.59 Å². The average molecular weight is 325 g/mol. The average Bonchev–Trinajstić information content (AvgIpc) is 2.40. The fraction of sp³-hybridized carbons (Fsp3) is 0.857. The molecular formula is C14H28O4S2. The minimum atomic E-state index is -0.719. The second-order valence-corrected chi connectivity index (χ2v) is 5.22. The van der Waals surface area contributed by atoms with Gasteiger partial charge in [0.2, 0.25) is 0 Å². The molecule has 6 heteroatoms. The second-order valence-electron chi connectivity index (χ2n) is 4.41. The van der Waals surface area contributed by atoms with Crippen LogP contribution in [0.25, 0.3) is 0 Å². The Balaban J connectivity index is 0. The van der Waals surface area contributed by atoms with Gasteiger partial charge in [0.25, 0.3) is 0 Å². The van der Waals surface area contributed by atoms with Crippen molar-refractivity contribution in [2.24, 2.45) is 5.92 Å². The van der Waals surface area contributed by atoms with Crippen molar-refractivity contribution in [3.63, 3.8) is 0 Å². The molecule has 1 atom stereocenters. The molecule has 0 saturated carbocycles. The summed E-state index contributed by atoms with van der Waals surface area (Å²) < 4.78 is 4.84. The zero-order valence-electron chi connectivity index (χ0n) is 12.5. The zero-order valence-corrected chi connectivity index (χ0v) is 14.3. The van der Waals surface area contributed by atoms with Gasteiger partial charge in [0.05, 0.1) is 18.9 Å². The van der Waals surface area contributed by atoms with E-state index in [-0.39, 0.29) is 11.9 Å². The first-order chi connectivity index (χ1) is 9.53. The van der Waals surface area contributed by atoms with Gasteiger partial charge in [0, 0.05) is 11.5 Å². The molecule has 0 aliphatic carbocycles. The van der Waals surface area contributed by atoms with Gasteiger partial charge in [-0.15, -0.1) is 0 Å². The summed E-state index contributed by atoms with van der Waals surface area (Å²) in [6, 6.07) is 0. The summed E-state index contributed by atoms with van der Waals surface area (Å²) in [5, 5.41) is 8.55. The summed E-state index contributed by atoms with van der Waals surface area (Å²) in [6.07, 6.45) is 5.24. The Morgan fingerprint density at radius 1 is 1.15 bits per heavy atom. The number of aliphatic carboxylic acids is 1. The van der Waals surface area contributed by atoms with Crippen molar-refractivity contribution >= 4 is 37.2 Å². The molecule has 0 rings (SSSR count). The summed E-state index contributed by atoms with van der Waals surface area (Å²) in [5.41, 5.74) is 0. The van der Waals surface area contributed by atoms with Crippen molar-refractivity contribution in [3.05, 3.63) is 0 Å². The van der Waals surface area contributed by atoms with Crippen LogP contribution in [0.4, 0.5) is 0 Å². The Morgan fingerprint density at radius 2 is 1.75 bits per heavy atom. The molecule has 0 aromatic carbocycles. The molecule has 120 valence electrons. The predicted molar refractivity (Wildman–Crippen MR) is 88.8 cm³/mol. The molecule has 4 nitrogen and oxygen atoms in total. The van der Waals surface area contributed by atoms with Gasteiger partial charge in [-0.2, -0.15) is 25.3 Å². The SMILES string of the molecule is CCCCC(CS)C(=O)O.CCCCOC(=O)CCS. The smallest absolute Gasteiger partial charge is 0.307 e. The van der Waals surface area contributed by atoms with Gasteiger partial charge in [0.1, 0.15) is 0 Å². The highest BCUT2D eigenvalue weighted by Gasteiger charge is 2.13. The van der Waals surface area contributed by atoms with Crippen molar-refractivity contribution in [1.29, 1.82) is 0 Å². The summed E-state index contributed by atoms with van der Waals surface area (Å²) in [4.78, 5) is 21.0. The number of esters is 1. The van der Waals surface area contributed by atoms with E-state index < -0.39 is 5.97 Å². The van der Waals surface area contributed by atoms with E-state index >= 15 is 0 Å². The Morgan fingerprint density at radius 3 is 2.15 bits per heavy atom.